The summed E-state index contributed by atoms with van der Waals surface area (Å²) in [4.78, 5) is 14.0. The van der Waals surface area contributed by atoms with Crippen LogP contribution in [0.5, 0.6) is 0 Å². The van der Waals surface area contributed by atoms with Gasteiger partial charge in [-0.1, -0.05) is 151 Å². The van der Waals surface area contributed by atoms with Gasteiger partial charge in [0.15, 0.2) is 17.5 Å². The van der Waals surface area contributed by atoms with Crippen molar-refractivity contribution in [2.24, 2.45) is 0 Å². The Kier molecular flexibility index (Phi) is 4.21. The summed E-state index contributed by atoms with van der Waals surface area (Å²) in [6.07, 6.45) is 0. The van der Waals surface area contributed by atoms with Crippen LogP contribution in [0, 0.1) is 0 Å². The normalized spacial score (nSPS) is 15.6. The molecule has 2 heterocycles. The Balaban J connectivity index is 1.26. The maximum absolute atomic E-state index is 9.39. The molecule has 0 atom stereocenters. The average Bonchev–Trinajstić information content (AvgIpc) is 3.72. The monoisotopic (exact) mass is 642 g/mol. The quantitative estimate of drug-likeness (QED) is 0.181. The van der Waals surface area contributed by atoms with E-state index >= 15 is 0 Å². The molecule has 0 aliphatic heterocycles. The predicted molar refractivity (Wildman–Crippen MR) is 200 cm³/mol. The summed E-state index contributed by atoms with van der Waals surface area (Å²) in [6, 6.07) is 15.3. The summed E-state index contributed by atoms with van der Waals surface area (Å²) < 4.78 is 139. The van der Waals surface area contributed by atoms with Gasteiger partial charge in [-0.2, -0.15) is 0 Å². The van der Waals surface area contributed by atoms with Gasteiger partial charge in [0.25, 0.3) is 0 Å². The first kappa shape index (κ1) is 17.0. The van der Waals surface area contributed by atoms with Gasteiger partial charge in [-0.15, -0.1) is 0 Å². The Morgan fingerprint density at radius 2 is 0.837 bits per heavy atom. The standard InChI is InChI=1S/C45H29N3O/c1-3-10-30(11-4-1)31-18-22-34(23-19-31)44-46-43(33-12-5-2-6-13-33)47-45(48-44)35-24-20-32(21-25-35)36-14-9-15-37(28-36)38-26-27-42-40(29-38)39-16-7-8-17-41(39)49-42/h1-29H/i7D,8D,9D,14D,15D,16D,17D,20D,21D,24D,25D,26D,27D,28D,29D. The molecule has 0 saturated carbocycles. The number of hydrogen-bond donors (Lipinski definition) is 0. The Morgan fingerprint density at radius 3 is 1.55 bits per heavy atom. The van der Waals surface area contributed by atoms with E-state index in [0.717, 1.165) is 11.1 Å². The Morgan fingerprint density at radius 1 is 0.347 bits per heavy atom. The van der Waals surface area contributed by atoms with Crippen LogP contribution in [0.15, 0.2) is 180 Å². The third-order valence-electron chi connectivity index (χ3n) is 7.78. The van der Waals surface area contributed by atoms with Gasteiger partial charge in [0.05, 0.1) is 20.6 Å². The number of aromatic nitrogens is 3. The van der Waals surface area contributed by atoms with Crippen LogP contribution in [0.3, 0.4) is 0 Å². The van der Waals surface area contributed by atoms with E-state index in [1.54, 1.807) is 30.3 Å². The minimum Gasteiger partial charge on any atom is -0.456 e. The Bertz CT molecular complexity index is 3410. The van der Waals surface area contributed by atoms with E-state index in [2.05, 4.69) is 9.97 Å². The molecule has 9 aromatic rings. The van der Waals surface area contributed by atoms with Gasteiger partial charge in [-0.05, 0) is 57.6 Å². The molecule has 0 aliphatic carbocycles. The van der Waals surface area contributed by atoms with Crippen molar-refractivity contribution in [1.29, 1.82) is 0 Å². The van der Waals surface area contributed by atoms with E-state index in [-0.39, 0.29) is 39.4 Å². The van der Waals surface area contributed by atoms with Crippen LogP contribution in [-0.2, 0) is 0 Å². The van der Waals surface area contributed by atoms with E-state index in [1.807, 2.05) is 54.6 Å². The highest BCUT2D eigenvalue weighted by molar-refractivity contribution is 6.06. The van der Waals surface area contributed by atoms with E-state index in [9.17, 15) is 8.22 Å². The Hall–Kier alpha value is -6.65. The first-order chi connectivity index (χ1) is 30.5. The number of fused-ring (bicyclic) bond motifs is 3. The minimum atomic E-state index is -0.848. The second kappa shape index (κ2) is 12.2. The molecule has 4 heteroatoms. The summed E-state index contributed by atoms with van der Waals surface area (Å²) in [5.74, 6) is 0.137. The summed E-state index contributed by atoms with van der Waals surface area (Å²) >= 11 is 0. The van der Waals surface area contributed by atoms with Crippen LogP contribution in [0.2, 0.25) is 0 Å². The van der Waals surface area contributed by atoms with E-state index < -0.39 is 118 Å². The minimum absolute atomic E-state index is 0.171. The van der Waals surface area contributed by atoms with Crippen molar-refractivity contribution >= 4 is 21.9 Å². The number of nitrogens with zero attached hydrogens (tertiary/aromatic N) is 3. The molecule has 4 nitrogen and oxygen atoms in total. The molecule has 0 N–H and O–H groups in total. The van der Waals surface area contributed by atoms with E-state index in [0.29, 0.717) is 11.1 Å². The lowest BCUT2D eigenvalue weighted by Crippen LogP contribution is -2.00. The first-order valence-corrected chi connectivity index (χ1v) is 15.1. The van der Waals surface area contributed by atoms with Crippen molar-refractivity contribution in [3.8, 4) is 67.5 Å². The van der Waals surface area contributed by atoms with Crippen LogP contribution in [-0.4, -0.2) is 15.0 Å². The van der Waals surface area contributed by atoms with E-state index in [4.69, 9.17) is 21.7 Å². The average molecular weight is 643 g/mol. The molecule has 0 amide bonds. The molecule has 0 spiro atoms. The summed E-state index contributed by atoms with van der Waals surface area (Å²) in [7, 11) is 0. The molecule has 0 aliphatic rings. The fourth-order valence-electron chi connectivity index (χ4n) is 5.35. The fourth-order valence-corrected chi connectivity index (χ4v) is 5.35. The van der Waals surface area contributed by atoms with Gasteiger partial charge in [-0.3, -0.25) is 0 Å². The van der Waals surface area contributed by atoms with Crippen LogP contribution in [0.25, 0.3) is 89.5 Å². The fraction of sp³-hybridized carbons (Fsp3) is 0. The van der Waals surface area contributed by atoms with Crippen molar-refractivity contribution in [3.05, 3.63) is 176 Å². The number of benzene rings is 7. The smallest absolute Gasteiger partial charge is 0.164 e. The number of furan rings is 1. The van der Waals surface area contributed by atoms with Crippen LogP contribution < -0.4 is 0 Å². The lowest BCUT2D eigenvalue weighted by molar-refractivity contribution is 0.669. The zero-order valence-corrected chi connectivity index (χ0v) is 25.3. The zero-order valence-electron chi connectivity index (χ0n) is 40.3. The van der Waals surface area contributed by atoms with Crippen molar-refractivity contribution < 1.29 is 25.0 Å². The molecular weight excluding hydrogens is 599 g/mol. The van der Waals surface area contributed by atoms with Crippen molar-refractivity contribution in [3.63, 3.8) is 0 Å². The second-order valence-electron chi connectivity index (χ2n) is 10.9. The van der Waals surface area contributed by atoms with Crippen LogP contribution >= 0.6 is 0 Å². The van der Waals surface area contributed by atoms with E-state index in [1.165, 1.54) is 0 Å². The molecule has 9 rings (SSSR count). The SMILES string of the molecule is [2H]c1c([2H])c(-c2c([2H])c([2H])c(-c3nc(-c4ccccc4)nc(-c4ccc(-c5ccccc5)cc4)n3)c([2H])c2[2H])c([2H])c(-c2c([2H])c([2H])c3oc4c([2H])c([2H])c([2H])c([2H])c4c3c2[2H])c1[2H]. The van der Waals surface area contributed by atoms with Crippen molar-refractivity contribution in [2.45, 2.75) is 0 Å². The maximum atomic E-state index is 9.39. The van der Waals surface area contributed by atoms with Crippen LogP contribution in [0.1, 0.15) is 20.6 Å². The molecule has 0 unspecified atom stereocenters. The highest BCUT2D eigenvalue weighted by Gasteiger charge is 2.14. The summed E-state index contributed by atoms with van der Waals surface area (Å²) in [6.45, 7) is 0. The van der Waals surface area contributed by atoms with Gasteiger partial charge >= 0.3 is 0 Å². The molecule has 0 bridgehead atoms. The van der Waals surface area contributed by atoms with Gasteiger partial charge in [0.1, 0.15) is 11.2 Å². The van der Waals surface area contributed by atoms with Gasteiger partial charge in [0.2, 0.25) is 0 Å². The van der Waals surface area contributed by atoms with Gasteiger partial charge in [-0.25, -0.2) is 15.0 Å². The third-order valence-corrected chi connectivity index (χ3v) is 7.78. The highest BCUT2D eigenvalue weighted by atomic mass is 16.3. The molecule has 0 fully saturated rings. The summed E-state index contributed by atoms with van der Waals surface area (Å²) in [5, 5.41) is -0.592. The maximum Gasteiger partial charge on any atom is 0.164 e. The van der Waals surface area contributed by atoms with Crippen LogP contribution in [0.4, 0.5) is 0 Å². The molecule has 7 aromatic carbocycles. The topological polar surface area (TPSA) is 51.8 Å². The largest absolute Gasteiger partial charge is 0.456 e. The second-order valence-corrected chi connectivity index (χ2v) is 10.9. The molecule has 0 saturated heterocycles. The van der Waals surface area contributed by atoms with Gasteiger partial charge in [0, 0.05) is 27.5 Å². The van der Waals surface area contributed by atoms with Gasteiger partial charge < -0.3 is 4.42 Å². The lowest BCUT2D eigenvalue weighted by atomic mass is 9.97. The molecular formula is C45H29N3O. The number of hydrogen-bond acceptors (Lipinski definition) is 4. The molecule has 2 aromatic heterocycles. The van der Waals surface area contributed by atoms with Crippen molar-refractivity contribution in [2.75, 3.05) is 0 Å². The van der Waals surface area contributed by atoms with Crippen molar-refractivity contribution in [1.82, 2.24) is 15.0 Å². The highest BCUT2D eigenvalue weighted by Crippen LogP contribution is 2.34. The predicted octanol–water partition coefficient (Wildman–Crippen LogP) is 11.8. The number of para-hydroxylation sites is 1. The number of rotatable bonds is 6. The molecule has 230 valence electrons. The summed E-state index contributed by atoms with van der Waals surface area (Å²) in [5.41, 5.74) is -0.483. The molecule has 49 heavy (non-hydrogen) atoms. The Labute approximate surface area is 305 Å². The molecule has 0 radical (unpaired) electrons. The third kappa shape index (κ3) is 5.56. The lowest BCUT2D eigenvalue weighted by Gasteiger charge is -2.10. The zero-order chi connectivity index (χ0) is 45.6. The first-order valence-electron chi connectivity index (χ1n) is 22.6.